The molecule has 0 fully saturated rings. The minimum atomic E-state index is -0.286. The molecule has 1 aromatic carbocycles. The van der Waals surface area contributed by atoms with Crippen LogP contribution in [-0.4, -0.2) is 10.9 Å². The SMILES string of the molecule is Cc1nc(C(=O)Nc2ccc(Cl)c(C)c2)c(C)o1. The van der Waals surface area contributed by atoms with Crippen molar-refractivity contribution in [2.75, 3.05) is 5.32 Å². The third-order valence-electron chi connectivity index (χ3n) is 2.53. The number of carbonyl (C=O) groups excluding carboxylic acids is 1. The lowest BCUT2D eigenvalue weighted by atomic mass is 10.2. The van der Waals surface area contributed by atoms with E-state index in [1.165, 1.54) is 0 Å². The van der Waals surface area contributed by atoms with E-state index in [1.54, 1.807) is 26.0 Å². The Morgan fingerprint density at radius 2 is 2.06 bits per heavy atom. The standard InChI is InChI=1S/C13H13ClN2O2/c1-7-6-10(4-5-11(7)14)16-13(17)12-8(2)18-9(3)15-12/h4-6H,1-3H3,(H,16,17). The predicted octanol–water partition coefficient (Wildman–Crippen LogP) is 3.51. The number of benzene rings is 1. The fraction of sp³-hybridized carbons (Fsp3) is 0.231. The number of amides is 1. The van der Waals surface area contributed by atoms with Crippen LogP contribution in [0.15, 0.2) is 22.6 Å². The number of nitrogens with one attached hydrogen (secondary N) is 1. The summed E-state index contributed by atoms with van der Waals surface area (Å²) in [5.74, 6) is 0.701. The van der Waals surface area contributed by atoms with Crippen LogP contribution >= 0.6 is 11.6 Å². The van der Waals surface area contributed by atoms with Crippen molar-refractivity contribution in [2.24, 2.45) is 0 Å². The van der Waals surface area contributed by atoms with Crippen LogP contribution in [0.3, 0.4) is 0 Å². The van der Waals surface area contributed by atoms with E-state index in [0.29, 0.717) is 28.1 Å². The first-order chi connectivity index (χ1) is 8.47. The van der Waals surface area contributed by atoms with Gasteiger partial charge in [-0.25, -0.2) is 4.98 Å². The molecule has 1 N–H and O–H groups in total. The lowest BCUT2D eigenvalue weighted by molar-refractivity contribution is 0.102. The van der Waals surface area contributed by atoms with Crippen LogP contribution in [0.2, 0.25) is 5.02 Å². The first-order valence-electron chi connectivity index (χ1n) is 5.49. The van der Waals surface area contributed by atoms with Crippen LogP contribution in [0.25, 0.3) is 0 Å². The molecule has 94 valence electrons. The minimum Gasteiger partial charge on any atom is -0.445 e. The number of nitrogens with zero attached hydrogens (tertiary/aromatic N) is 1. The Hall–Kier alpha value is -1.81. The zero-order valence-electron chi connectivity index (χ0n) is 10.4. The second-order valence-corrected chi connectivity index (χ2v) is 4.46. The molecule has 1 aromatic heterocycles. The average Bonchev–Trinajstić information content (AvgIpc) is 2.63. The molecule has 18 heavy (non-hydrogen) atoms. The molecule has 0 aliphatic rings. The van der Waals surface area contributed by atoms with Gasteiger partial charge < -0.3 is 9.73 Å². The summed E-state index contributed by atoms with van der Waals surface area (Å²) in [6.45, 7) is 5.29. The Bertz CT molecular complexity index is 605. The molecular weight excluding hydrogens is 252 g/mol. The second-order valence-electron chi connectivity index (χ2n) is 4.06. The molecule has 0 saturated heterocycles. The molecule has 0 aliphatic heterocycles. The van der Waals surface area contributed by atoms with E-state index in [1.807, 2.05) is 13.0 Å². The highest BCUT2D eigenvalue weighted by atomic mass is 35.5. The molecule has 0 spiro atoms. The van der Waals surface area contributed by atoms with Gasteiger partial charge in [-0.3, -0.25) is 4.79 Å². The fourth-order valence-corrected chi connectivity index (χ4v) is 1.77. The van der Waals surface area contributed by atoms with Crippen LogP contribution < -0.4 is 5.32 Å². The van der Waals surface area contributed by atoms with Gasteiger partial charge in [0.25, 0.3) is 5.91 Å². The molecule has 1 amide bonds. The smallest absolute Gasteiger partial charge is 0.277 e. The number of aryl methyl sites for hydroxylation is 3. The van der Waals surface area contributed by atoms with Gasteiger partial charge in [-0.2, -0.15) is 0 Å². The second kappa shape index (κ2) is 4.82. The molecule has 5 heteroatoms. The Labute approximate surface area is 110 Å². The number of hydrogen-bond donors (Lipinski definition) is 1. The van der Waals surface area contributed by atoms with Gasteiger partial charge in [-0.1, -0.05) is 11.6 Å². The largest absolute Gasteiger partial charge is 0.445 e. The third kappa shape index (κ3) is 2.54. The van der Waals surface area contributed by atoms with Crippen LogP contribution in [0.4, 0.5) is 5.69 Å². The van der Waals surface area contributed by atoms with Crippen molar-refractivity contribution in [1.29, 1.82) is 0 Å². The highest BCUT2D eigenvalue weighted by Crippen LogP contribution is 2.20. The van der Waals surface area contributed by atoms with Gasteiger partial charge >= 0.3 is 0 Å². The normalized spacial score (nSPS) is 10.4. The first-order valence-corrected chi connectivity index (χ1v) is 5.86. The van der Waals surface area contributed by atoms with E-state index in [2.05, 4.69) is 10.3 Å². The van der Waals surface area contributed by atoms with Gasteiger partial charge in [0.05, 0.1) is 0 Å². The number of aromatic nitrogens is 1. The van der Waals surface area contributed by atoms with Gasteiger partial charge in [0.15, 0.2) is 11.6 Å². The van der Waals surface area contributed by atoms with Crippen LogP contribution in [-0.2, 0) is 0 Å². The van der Waals surface area contributed by atoms with Gasteiger partial charge in [-0.15, -0.1) is 0 Å². The van der Waals surface area contributed by atoms with Gasteiger partial charge in [-0.05, 0) is 37.6 Å². The quantitative estimate of drug-likeness (QED) is 0.903. The summed E-state index contributed by atoms with van der Waals surface area (Å²) in [5, 5.41) is 3.43. The highest BCUT2D eigenvalue weighted by Gasteiger charge is 2.15. The summed E-state index contributed by atoms with van der Waals surface area (Å²) in [6, 6.07) is 5.30. The molecule has 2 aromatic rings. The molecule has 0 atom stereocenters. The number of rotatable bonds is 2. The molecule has 0 bridgehead atoms. The first kappa shape index (κ1) is 12.6. The number of hydrogen-bond acceptors (Lipinski definition) is 3. The molecule has 0 aliphatic carbocycles. The monoisotopic (exact) mass is 264 g/mol. The summed E-state index contributed by atoms with van der Waals surface area (Å²) < 4.78 is 5.22. The number of carbonyl (C=O) groups is 1. The van der Waals surface area contributed by atoms with Crippen molar-refractivity contribution in [3.63, 3.8) is 0 Å². The predicted molar refractivity (Wildman–Crippen MR) is 70.1 cm³/mol. The Morgan fingerprint density at radius 3 is 2.61 bits per heavy atom. The molecule has 2 rings (SSSR count). The molecule has 0 saturated carbocycles. The van der Waals surface area contributed by atoms with E-state index in [0.717, 1.165) is 5.56 Å². The van der Waals surface area contributed by atoms with E-state index < -0.39 is 0 Å². The molecule has 0 unspecified atom stereocenters. The number of oxazole rings is 1. The van der Waals surface area contributed by atoms with E-state index in [4.69, 9.17) is 16.0 Å². The number of anilines is 1. The number of halogens is 1. The third-order valence-corrected chi connectivity index (χ3v) is 2.96. The van der Waals surface area contributed by atoms with Gasteiger partial charge in [0, 0.05) is 17.6 Å². The molecular formula is C13H13ClN2O2. The Kier molecular flexibility index (Phi) is 3.39. The van der Waals surface area contributed by atoms with Crippen molar-refractivity contribution in [3.05, 3.63) is 46.1 Å². The fourth-order valence-electron chi connectivity index (χ4n) is 1.65. The van der Waals surface area contributed by atoms with Crippen LogP contribution in [0.5, 0.6) is 0 Å². The highest BCUT2D eigenvalue weighted by molar-refractivity contribution is 6.31. The van der Waals surface area contributed by atoms with E-state index in [9.17, 15) is 4.79 Å². The summed E-state index contributed by atoms with van der Waals surface area (Å²) >= 11 is 5.92. The van der Waals surface area contributed by atoms with Crippen molar-refractivity contribution < 1.29 is 9.21 Å². The van der Waals surface area contributed by atoms with Crippen LogP contribution in [0.1, 0.15) is 27.7 Å². The summed E-state index contributed by atoms with van der Waals surface area (Å²) in [5.41, 5.74) is 1.89. The summed E-state index contributed by atoms with van der Waals surface area (Å²) in [6.07, 6.45) is 0. The average molecular weight is 265 g/mol. The van der Waals surface area contributed by atoms with Gasteiger partial charge in [0.1, 0.15) is 5.76 Å². The lowest BCUT2D eigenvalue weighted by Gasteiger charge is -2.05. The van der Waals surface area contributed by atoms with Crippen molar-refractivity contribution >= 4 is 23.2 Å². The topological polar surface area (TPSA) is 55.1 Å². The Morgan fingerprint density at radius 1 is 1.33 bits per heavy atom. The summed E-state index contributed by atoms with van der Waals surface area (Å²) in [4.78, 5) is 16.0. The van der Waals surface area contributed by atoms with Crippen LogP contribution in [0, 0.1) is 20.8 Å². The zero-order chi connectivity index (χ0) is 13.3. The summed E-state index contributed by atoms with van der Waals surface area (Å²) in [7, 11) is 0. The van der Waals surface area contributed by atoms with Crippen molar-refractivity contribution in [1.82, 2.24) is 4.98 Å². The molecule has 1 heterocycles. The van der Waals surface area contributed by atoms with E-state index >= 15 is 0 Å². The van der Waals surface area contributed by atoms with Crippen molar-refractivity contribution in [2.45, 2.75) is 20.8 Å². The molecule has 4 nitrogen and oxygen atoms in total. The maximum Gasteiger partial charge on any atom is 0.277 e. The maximum atomic E-state index is 12.0. The minimum absolute atomic E-state index is 0.286. The Balaban J connectivity index is 2.21. The zero-order valence-corrected chi connectivity index (χ0v) is 11.1. The van der Waals surface area contributed by atoms with E-state index in [-0.39, 0.29) is 5.91 Å². The maximum absolute atomic E-state index is 12.0. The van der Waals surface area contributed by atoms with Crippen molar-refractivity contribution in [3.8, 4) is 0 Å². The lowest BCUT2D eigenvalue weighted by Crippen LogP contribution is -2.13. The molecule has 0 radical (unpaired) electrons. The van der Waals surface area contributed by atoms with Gasteiger partial charge in [0.2, 0.25) is 0 Å².